The van der Waals surface area contributed by atoms with Crippen LogP contribution < -0.4 is 5.32 Å². The molecule has 3 heteroatoms. The van der Waals surface area contributed by atoms with Crippen LogP contribution in [0, 0.1) is 17.8 Å². The zero-order valence-corrected chi connectivity index (χ0v) is 8.20. The normalized spacial score (nSPS) is 27.5. The molecule has 2 atom stereocenters. The zero-order chi connectivity index (χ0) is 8.97. The summed E-state index contributed by atoms with van der Waals surface area (Å²) in [5.74, 6) is 7.68. The van der Waals surface area contributed by atoms with Gasteiger partial charge in [0.2, 0.25) is 0 Å². The Morgan fingerprint density at radius 1 is 1.58 bits per heavy atom. The summed E-state index contributed by atoms with van der Waals surface area (Å²) in [4.78, 5) is 11.1. The van der Waals surface area contributed by atoms with E-state index in [1.807, 2.05) is 11.8 Å². The van der Waals surface area contributed by atoms with Crippen molar-refractivity contribution in [2.75, 3.05) is 11.5 Å². The standard InChI is InChI=1S/C9H13NOS/c1-3-4-9(11)10-8-6-12-5-7(8)2/h7-8H,5-6H2,1-2H3,(H,10,11). The van der Waals surface area contributed by atoms with Crippen LogP contribution >= 0.6 is 11.8 Å². The van der Waals surface area contributed by atoms with Crippen molar-refractivity contribution in [2.24, 2.45) is 5.92 Å². The van der Waals surface area contributed by atoms with Crippen molar-refractivity contribution in [3.63, 3.8) is 0 Å². The van der Waals surface area contributed by atoms with Gasteiger partial charge in [0.15, 0.2) is 0 Å². The van der Waals surface area contributed by atoms with Gasteiger partial charge in [-0.3, -0.25) is 4.79 Å². The van der Waals surface area contributed by atoms with Gasteiger partial charge in [-0.1, -0.05) is 12.8 Å². The van der Waals surface area contributed by atoms with Crippen LogP contribution in [0.15, 0.2) is 0 Å². The minimum absolute atomic E-state index is 0.142. The maximum atomic E-state index is 11.1. The highest BCUT2D eigenvalue weighted by Crippen LogP contribution is 2.23. The second-order valence-corrected chi connectivity index (χ2v) is 4.04. The highest BCUT2D eigenvalue weighted by molar-refractivity contribution is 7.99. The largest absolute Gasteiger partial charge is 0.341 e. The molecule has 0 spiro atoms. The van der Waals surface area contributed by atoms with Crippen molar-refractivity contribution in [2.45, 2.75) is 19.9 Å². The molecule has 1 N–H and O–H groups in total. The first kappa shape index (κ1) is 9.47. The van der Waals surface area contributed by atoms with E-state index >= 15 is 0 Å². The lowest BCUT2D eigenvalue weighted by atomic mass is 10.1. The van der Waals surface area contributed by atoms with Gasteiger partial charge in [0, 0.05) is 11.8 Å². The molecule has 1 rings (SSSR count). The van der Waals surface area contributed by atoms with Gasteiger partial charge in [0.1, 0.15) is 0 Å². The molecular weight excluding hydrogens is 170 g/mol. The molecule has 0 saturated carbocycles. The number of amides is 1. The second kappa shape index (κ2) is 4.42. The molecule has 0 radical (unpaired) electrons. The van der Waals surface area contributed by atoms with Gasteiger partial charge in [-0.15, -0.1) is 0 Å². The Labute approximate surface area is 77.5 Å². The van der Waals surface area contributed by atoms with Crippen LogP contribution in [0.4, 0.5) is 0 Å². The third-order valence-corrected chi connectivity index (χ3v) is 3.28. The van der Waals surface area contributed by atoms with Gasteiger partial charge in [-0.25, -0.2) is 0 Å². The Hall–Kier alpha value is -0.620. The van der Waals surface area contributed by atoms with Crippen molar-refractivity contribution >= 4 is 17.7 Å². The molecule has 0 aliphatic carbocycles. The number of hydrogen-bond acceptors (Lipinski definition) is 2. The van der Waals surface area contributed by atoms with E-state index < -0.39 is 0 Å². The maximum Gasteiger partial charge on any atom is 0.296 e. The summed E-state index contributed by atoms with van der Waals surface area (Å²) in [6, 6.07) is 0.323. The minimum atomic E-state index is -0.142. The first-order valence-electron chi connectivity index (χ1n) is 4.05. The molecule has 1 aliphatic rings. The summed E-state index contributed by atoms with van der Waals surface area (Å²) in [5, 5.41) is 2.90. The molecule has 2 unspecified atom stereocenters. The summed E-state index contributed by atoms with van der Waals surface area (Å²) in [7, 11) is 0. The molecule has 1 heterocycles. The second-order valence-electron chi connectivity index (χ2n) is 2.97. The fourth-order valence-corrected chi connectivity index (χ4v) is 2.57. The van der Waals surface area contributed by atoms with E-state index in [1.54, 1.807) is 6.92 Å². The smallest absolute Gasteiger partial charge is 0.296 e. The van der Waals surface area contributed by atoms with Crippen molar-refractivity contribution in [3.05, 3.63) is 0 Å². The average molecular weight is 183 g/mol. The first-order chi connectivity index (χ1) is 5.74. The molecule has 0 aromatic rings. The van der Waals surface area contributed by atoms with Crippen LogP contribution in [0.1, 0.15) is 13.8 Å². The summed E-state index contributed by atoms with van der Waals surface area (Å²) in [6.07, 6.45) is 0. The monoisotopic (exact) mass is 183 g/mol. The predicted octanol–water partition coefficient (Wildman–Crippen LogP) is 0.877. The minimum Gasteiger partial charge on any atom is -0.341 e. The number of hydrogen-bond donors (Lipinski definition) is 1. The van der Waals surface area contributed by atoms with Gasteiger partial charge in [-0.05, 0) is 24.5 Å². The Balaban J connectivity index is 2.38. The van der Waals surface area contributed by atoms with Crippen molar-refractivity contribution < 1.29 is 4.79 Å². The van der Waals surface area contributed by atoms with Gasteiger partial charge in [-0.2, -0.15) is 11.8 Å². The van der Waals surface area contributed by atoms with Crippen molar-refractivity contribution in [3.8, 4) is 11.8 Å². The van der Waals surface area contributed by atoms with Gasteiger partial charge in [0.25, 0.3) is 5.91 Å². The number of carbonyl (C=O) groups is 1. The van der Waals surface area contributed by atoms with Crippen molar-refractivity contribution in [1.82, 2.24) is 5.32 Å². The Morgan fingerprint density at radius 3 is 2.83 bits per heavy atom. The molecule has 1 amide bonds. The Bertz CT molecular complexity index is 228. The van der Waals surface area contributed by atoms with Gasteiger partial charge >= 0.3 is 0 Å². The number of rotatable bonds is 1. The highest BCUT2D eigenvalue weighted by Gasteiger charge is 2.24. The number of nitrogens with one attached hydrogen (secondary N) is 1. The van der Waals surface area contributed by atoms with Gasteiger partial charge in [0.05, 0.1) is 0 Å². The maximum absolute atomic E-state index is 11.1. The first-order valence-corrected chi connectivity index (χ1v) is 5.20. The fraction of sp³-hybridized carbons (Fsp3) is 0.667. The van der Waals surface area contributed by atoms with Crippen LogP contribution in [0.2, 0.25) is 0 Å². The predicted molar refractivity (Wildman–Crippen MR) is 51.9 cm³/mol. The van der Waals surface area contributed by atoms with E-state index in [9.17, 15) is 4.79 Å². The van der Waals surface area contributed by atoms with Crippen LogP contribution in [0.3, 0.4) is 0 Å². The Kier molecular flexibility index (Phi) is 3.48. The van der Waals surface area contributed by atoms with Crippen LogP contribution in [-0.4, -0.2) is 23.5 Å². The molecule has 1 saturated heterocycles. The lowest BCUT2D eigenvalue weighted by Crippen LogP contribution is -2.37. The fourth-order valence-electron chi connectivity index (χ4n) is 1.16. The third-order valence-electron chi connectivity index (χ3n) is 1.92. The van der Waals surface area contributed by atoms with E-state index in [-0.39, 0.29) is 5.91 Å². The molecule has 1 aliphatic heterocycles. The lowest BCUT2D eigenvalue weighted by molar-refractivity contribution is -0.116. The lowest BCUT2D eigenvalue weighted by Gasteiger charge is -2.13. The SMILES string of the molecule is CC#CC(=O)NC1CSCC1C. The molecule has 12 heavy (non-hydrogen) atoms. The quantitative estimate of drug-likeness (QED) is 0.611. The molecule has 66 valence electrons. The highest BCUT2D eigenvalue weighted by atomic mass is 32.2. The van der Waals surface area contributed by atoms with E-state index in [2.05, 4.69) is 24.1 Å². The van der Waals surface area contributed by atoms with Crippen molar-refractivity contribution in [1.29, 1.82) is 0 Å². The summed E-state index contributed by atoms with van der Waals surface area (Å²) in [5.41, 5.74) is 0. The summed E-state index contributed by atoms with van der Waals surface area (Å²) in [6.45, 7) is 3.83. The molecule has 2 nitrogen and oxygen atoms in total. The summed E-state index contributed by atoms with van der Waals surface area (Å²) >= 11 is 1.89. The summed E-state index contributed by atoms with van der Waals surface area (Å²) < 4.78 is 0. The van der Waals surface area contributed by atoms with Crippen LogP contribution in [0.5, 0.6) is 0 Å². The molecule has 0 aromatic carbocycles. The zero-order valence-electron chi connectivity index (χ0n) is 7.39. The van der Waals surface area contributed by atoms with Crippen LogP contribution in [-0.2, 0) is 4.79 Å². The molecular formula is C9H13NOS. The van der Waals surface area contributed by atoms with Gasteiger partial charge < -0.3 is 5.32 Å². The molecule has 0 aromatic heterocycles. The topological polar surface area (TPSA) is 29.1 Å². The third kappa shape index (κ3) is 2.46. The number of thioether (sulfide) groups is 1. The number of carbonyl (C=O) groups excluding carboxylic acids is 1. The Morgan fingerprint density at radius 2 is 2.33 bits per heavy atom. The van der Waals surface area contributed by atoms with E-state index in [0.717, 1.165) is 11.5 Å². The van der Waals surface area contributed by atoms with E-state index in [4.69, 9.17) is 0 Å². The molecule has 1 fully saturated rings. The van der Waals surface area contributed by atoms with E-state index in [0.29, 0.717) is 12.0 Å². The van der Waals surface area contributed by atoms with E-state index in [1.165, 1.54) is 0 Å². The van der Waals surface area contributed by atoms with Crippen LogP contribution in [0.25, 0.3) is 0 Å². The molecule has 0 bridgehead atoms. The average Bonchev–Trinajstić information content (AvgIpc) is 2.37.